The van der Waals surface area contributed by atoms with E-state index in [1.165, 1.54) is 5.56 Å². The average molecular weight is 154 g/mol. The molecule has 0 radical (unpaired) electrons. The van der Waals surface area contributed by atoms with Crippen LogP contribution < -0.4 is 0 Å². The smallest absolute Gasteiger partial charge is 0.0861 e. The van der Waals surface area contributed by atoms with Gasteiger partial charge in [0.15, 0.2) is 0 Å². The summed E-state index contributed by atoms with van der Waals surface area (Å²) in [6, 6.07) is 8.18. The average Bonchev–Trinajstić information content (AvgIpc) is 1.95. The number of benzene rings is 1. The molecule has 1 nitrogen and oxygen atoms in total. The molecule has 0 unspecified atom stereocenters. The molecule has 0 aliphatic heterocycles. The van der Waals surface area contributed by atoms with Crippen LogP contribution in [0.2, 0.25) is 0 Å². The minimum atomic E-state index is 0.573. The van der Waals surface area contributed by atoms with Gasteiger partial charge in [0.1, 0.15) is 0 Å². The van der Waals surface area contributed by atoms with Crippen molar-refractivity contribution in [1.82, 2.24) is 0 Å². The normalized spacial score (nSPS) is 9.80. The van der Waals surface area contributed by atoms with Crippen LogP contribution in [0.25, 0.3) is 0 Å². The van der Waals surface area contributed by atoms with Crippen molar-refractivity contribution in [1.29, 1.82) is 0 Å². The highest BCUT2D eigenvalue weighted by atomic mass is 32.1. The number of aryl methyl sites for hydroxylation is 1. The Morgan fingerprint density at radius 1 is 1.30 bits per heavy atom. The van der Waals surface area contributed by atoms with Gasteiger partial charge in [-0.05, 0) is 25.4 Å². The lowest BCUT2D eigenvalue weighted by molar-refractivity contribution is 0.372. The molecule has 0 saturated heterocycles. The van der Waals surface area contributed by atoms with Crippen LogP contribution in [0, 0.1) is 6.92 Å². The quantitative estimate of drug-likeness (QED) is 0.508. The van der Waals surface area contributed by atoms with Gasteiger partial charge in [-0.2, -0.15) is 0 Å². The maximum Gasteiger partial charge on any atom is 0.0861 e. The summed E-state index contributed by atoms with van der Waals surface area (Å²) in [6.07, 6.45) is 0. The molecule has 0 atom stereocenters. The lowest BCUT2D eigenvalue weighted by Crippen LogP contribution is -1.82. The zero-order valence-electron chi connectivity index (χ0n) is 5.87. The van der Waals surface area contributed by atoms with Gasteiger partial charge in [-0.3, -0.25) is 0 Å². The second-order valence-electron chi connectivity index (χ2n) is 2.26. The van der Waals surface area contributed by atoms with Gasteiger partial charge in [-0.25, -0.2) is 0 Å². The highest BCUT2D eigenvalue weighted by Gasteiger charge is 1.88. The van der Waals surface area contributed by atoms with E-state index >= 15 is 0 Å². The van der Waals surface area contributed by atoms with Crippen molar-refractivity contribution in [2.75, 3.05) is 0 Å². The van der Waals surface area contributed by atoms with Crippen LogP contribution in [-0.2, 0) is 10.8 Å². The van der Waals surface area contributed by atoms with E-state index in [1.54, 1.807) is 0 Å². The fourth-order valence-corrected chi connectivity index (χ4v) is 0.908. The van der Waals surface area contributed by atoms with E-state index in [9.17, 15) is 0 Å². The van der Waals surface area contributed by atoms with Gasteiger partial charge < -0.3 is 4.18 Å². The number of hydrogen-bond acceptors (Lipinski definition) is 2. The molecule has 0 aromatic heterocycles. The molecule has 0 spiro atoms. The Morgan fingerprint density at radius 3 is 2.40 bits per heavy atom. The first-order chi connectivity index (χ1) is 4.83. The molecular weight excluding hydrogens is 144 g/mol. The van der Waals surface area contributed by atoms with E-state index in [-0.39, 0.29) is 0 Å². The molecule has 54 valence electrons. The predicted molar refractivity (Wildman–Crippen MR) is 45.0 cm³/mol. The Morgan fingerprint density at radius 2 is 1.90 bits per heavy atom. The molecule has 0 aliphatic carbocycles. The molecule has 1 aromatic rings. The van der Waals surface area contributed by atoms with Gasteiger partial charge in [0.25, 0.3) is 0 Å². The molecule has 1 rings (SSSR count). The van der Waals surface area contributed by atoms with Crippen LogP contribution in [-0.4, -0.2) is 0 Å². The molecule has 10 heavy (non-hydrogen) atoms. The number of thiol groups is 1. The van der Waals surface area contributed by atoms with Crippen LogP contribution in [0.4, 0.5) is 0 Å². The number of rotatable bonds is 2. The summed E-state index contributed by atoms with van der Waals surface area (Å²) in [7, 11) is 0. The first-order valence-corrected chi connectivity index (χ1v) is 3.51. The minimum Gasteiger partial charge on any atom is -0.314 e. The van der Waals surface area contributed by atoms with Gasteiger partial charge in [-0.1, -0.05) is 29.8 Å². The van der Waals surface area contributed by atoms with Crippen molar-refractivity contribution in [2.24, 2.45) is 0 Å². The zero-order valence-corrected chi connectivity index (χ0v) is 6.77. The van der Waals surface area contributed by atoms with E-state index in [0.717, 1.165) is 5.56 Å². The molecule has 0 amide bonds. The lowest BCUT2D eigenvalue weighted by Gasteiger charge is -1.97. The first kappa shape index (κ1) is 7.63. The zero-order chi connectivity index (χ0) is 7.40. The van der Waals surface area contributed by atoms with Crippen molar-refractivity contribution in [3.05, 3.63) is 35.4 Å². The largest absolute Gasteiger partial charge is 0.314 e. The maximum atomic E-state index is 4.66. The molecule has 0 fully saturated rings. The first-order valence-electron chi connectivity index (χ1n) is 3.15. The molecule has 0 heterocycles. The second-order valence-corrected chi connectivity index (χ2v) is 2.52. The Hall–Kier alpha value is -0.470. The fourth-order valence-electron chi connectivity index (χ4n) is 0.759. The van der Waals surface area contributed by atoms with Crippen molar-refractivity contribution < 1.29 is 4.18 Å². The van der Waals surface area contributed by atoms with Crippen molar-refractivity contribution in [3.63, 3.8) is 0 Å². The standard InChI is InChI=1S/C8H10OS/c1-7-2-4-8(5-3-7)6-9-10/h2-5,10H,6H2,1H3. The van der Waals surface area contributed by atoms with Gasteiger partial charge in [0, 0.05) is 0 Å². The van der Waals surface area contributed by atoms with Crippen LogP contribution >= 0.6 is 12.9 Å². The highest BCUT2D eigenvalue weighted by molar-refractivity contribution is 7.75. The second kappa shape index (κ2) is 3.64. The van der Waals surface area contributed by atoms with Crippen LogP contribution in [0.5, 0.6) is 0 Å². The topological polar surface area (TPSA) is 9.23 Å². The van der Waals surface area contributed by atoms with E-state index in [2.05, 4.69) is 36.1 Å². The number of hydrogen-bond donors (Lipinski definition) is 1. The Kier molecular flexibility index (Phi) is 2.78. The molecule has 0 N–H and O–H groups in total. The summed E-state index contributed by atoms with van der Waals surface area (Å²) in [6.45, 7) is 2.63. The third kappa shape index (κ3) is 2.05. The molecule has 0 bridgehead atoms. The summed E-state index contributed by atoms with van der Waals surface area (Å²) in [5.74, 6) is 0. The Bertz CT molecular complexity index is 193. The summed E-state index contributed by atoms with van der Waals surface area (Å²) in [4.78, 5) is 0. The molecule has 1 aromatic carbocycles. The van der Waals surface area contributed by atoms with E-state index < -0.39 is 0 Å². The van der Waals surface area contributed by atoms with Crippen LogP contribution in [0.1, 0.15) is 11.1 Å². The third-order valence-electron chi connectivity index (χ3n) is 1.35. The maximum absolute atomic E-state index is 4.66. The van der Waals surface area contributed by atoms with Gasteiger partial charge in [0.05, 0.1) is 6.61 Å². The summed E-state index contributed by atoms with van der Waals surface area (Å²) >= 11 is 3.66. The fraction of sp³-hybridized carbons (Fsp3) is 0.250. The summed E-state index contributed by atoms with van der Waals surface area (Å²) in [5.41, 5.74) is 2.42. The van der Waals surface area contributed by atoms with E-state index in [0.29, 0.717) is 6.61 Å². The third-order valence-corrected chi connectivity index (χ3v) is 1.48. The SMILES string of the molecule is Cc1ccc(COS)cc1. The van der Waals surface area contributed by atoms with Gasteiger partial charge in [0.2, 0.25) is 0 Å². The van der Waals surface area contributed by atoms with E-state index in [1.807, 2.05) is 12.1 Å². The Labute approximate surface area is 66.6 Å². The minimum absolute atomic E-state index is 0.573. The van der Waals surface area contributed by atoms with Gasteiger partial charge >= 0.3 is 0 Å². The van der Waals surface area contributed by atoms with Gasteiger partial charge in [-0.15, -0.1) is 0 Å². The molecule has 2 heteroatoms. The van der Waals surface area contributed by atoms with Crippen molar-refractivity contribution >= 4 is 12.9 Å². The van der Waals surface area contributed by atoms with Crippen LogP contribution in [0.15, 0.2) is 24.3 Å². The predicted octanol–water partition coefficient (Wildman–Crippen LogP) is 2.36. The molecule has 0 saturated carbocycles. The van der Waals surface area contributed by atoms with Crippen LogP contribution in [0.3, 0.4) is 0 Å². The molecular formula is C8H10OS. The van der Waals surface area contributed by atoms with Crippen molar-refractivity contribution in [2.45, 2.75) is 13.5 Å². The van der Waals surface area contributed by atoms with E-state index in [4.69, 9.17) is 0 Å². The van der Waals surface area contributed by atoms with Crippen molar-refractivity contribution in [3.8, 4) is 0 Å². The lowest BCUT2D eigenvalue weighted by atomic mass is 10.2. The summed E-state index contributed by atoms with van der Waals surface area (Å²) in [5, 5.41) is 0. The highest BCUT2D eigenvalue weighted by Crippen LogP contribution is 2.04. The molecule has 0 aliphatic rings. The monoisotopic (exact) mass is 154 g/mol. The summed E-state index contributed by atoms with van der Waals surface area (Å²) < 4.78 is 4.66. The Balaban J connectivity index is 2.69.